The molecule has 0 saturated heterocycles. The Kier molecular flexibility index (Phi) is 3.11. The number of hydrogen-bond donors (Lipinski definition) is 2. The second-order valence-corrected chi connectivity index (χ2v) is 3.84. The first-order valence-electron chi connectivity index (χ1n) is 5.17. The summed E-state index contributed by atoms with van der Waals surface area (Å²) in [6, 6.07) is 4.38. The van der Waals surface area contributed by atoms with E-state index in [0.717, 1.165) is 5.56 Å². The summed E-state index contributed by atoms with van der Waals surface area (Å²) in [5, 5.41) is 13.1. The van der Waals surface area contributed by atoms with Gasteiger partial charge in [-0.25, -0.2) is 0 Å². The van der Waals surface area contributed by atoms with Crippen LogP contribution in [0.1, 0.15) is 30.9 Å². The van der Waals surface area contributed by atoms with E-state index in [1.807, 2.05) is 12.1 Å². The van der Waals surface area contributed by atoms with Crippen LogP contribution in [0, 0.1) is 0 Å². The lowest BCUT2D eigenvalue weighted by molar-refractivity contribution is 0.161. The van der Waals surface area contributed by atoms with E-state index in [-0.39, 0.29) is 0 Å². The third-order valence-corrected chi connectivity index (χ3v) is 2.77. The van der Waals surface area contributed by atoms with E-state index in [1.54, 1.807) is 12.4 Å². The van der Waals surface area contributed by atoms with Gasteiger partial charge in [0.2, 0.25) is 0 Å². The quantitative estimate of drug-likeness (QED) is 0.754. The lowest BCUT2D eigenvalue weighted by Gasteiger charge is -2.27. The van der Waals surface area contributed by atoms with Crippen LogP contribution >= 0.6 is 0 Å². The molecule has 3 nitrogen and oxygen atoms in total. The van der Waals surface area contributed by atoms with Crippen molar-refractivity contribution in [2.24, 2.45) is 0 Å². The predicted octanol–water partition coefficient (Wildman–Crippen LogP) is 1.26. The standard InChI is InChI=1S/C11H16N2O/c14-11(8-13-10-4-1-5-10)9-3-2-6-12-7-9/h2-3,6-7,10-11,13-14H,1,4-5,8H2. The Balaban J connectivity index is 1.80. The first-order chi connectivity index (χ1) is 6.86. The number of pyridine rings is 1. The summed E-state index contributed by atoms with van der Waals surface area (Å²) in [5.41, 5.74) is 0.888. The number of aliphatic hydroxyl groups excluding tert-OH is 1. The van der Waals surface area contributed by atoms with Gasteiger partial charge in [0.25, 0.3) is 0 Å². The first-order valence-corrected chi connectivity index (χ1v) is 5.17. The highest BCUT2D eigenvalue weighted by Crippen LogP contribution is 2.19. The van der Waals surface area contributed by atoms with Gasteiger partial charge in [0.05, 0.1) is 6.10 Å². The summed E-state index contributed by atoms with van der Waals surface area (Å²) >= 11 is 0. The van der Waals surface area contributed by atoms with E-state index in [0.29, 0.717) is 12.6 Å². The molecule has 0 aromatic carbocycles. The van der Waals surface area contributed by atoms with Crippen molar-refractivity contribution in [2.75, 3.05) is 6.54 Å². The first kappa shape index (κ1) is 9.62. The average molecular weight is 192 g/mol. The maximum atomic E-state index is 9.79. The zero-order chi connectivity index (χ0) is 9.80. The Morgan fingerprint density at radius 1 is 1.57 bits per heavy atom. The van der Waals surface area contributed by atoms with E-state index in [1.165, 1.54) is 19.3 Å². The van der Waals surface area contributed by atoms with Crippen LogP contribution in [0.3, 0.4) is 0 Å². The number of aromatic nitrogens is 1. The molecule has 3 heteroatoms. The molecule has 76 valence electrons. The van der Waals surface area contributed by atoms with Gasteiger partial charge in [0.1, 0.15) is 0 Å². The van der Waals surface area contributed by atoms with Gasteiger partial charge in [-0.05, 0) is 18.9 Å². The smallest absolute Gasteiger partial charge is 0.0929 e. The van der Waals surface area contributed by atoms with Crippen LogP contribution < -0.4 is 5.32 Å². The summed E-state index contributed by atoms with van der Waals surface area (Å²) in [6.45, 7) is 0.635. The Morgan fingerprint density at radius 2 is 2.43 bits per heavy atom. The molecule has 1 aliphatic rings. The highest BCUT2D eigenvalue weighted by Gasteiger charge is 2.18. The van der Waals surface area contributed by atoms with E-state index in [2.05, 4.69) is 10.3 Å². The van der Waals surface area contributed by atoms with Crippen molar-refractivity contribution in [3.8, 4) is 0 Å². The summed E-state index contributed by atoms with van der Waals surface area (Å²) in [5.74, 6) is 0. The predicted molar refractivity (Wildman–Crippen MR) is 54.8 cm³/mol. The molecule has 1 saturated carbocycles. The molecule has 0 amide bonds. The van der Waals surface area contributed by atoms with Crippen LogP contribution in [0.25, 0.3) is 0 Å². The van der Waals surface area contributed by atoms with Gasteiger partial charge in [-0.3, -0.25) is 4.98 Å². The van der Waals surface area contributed by atoms with Crippen LogP contribution in [0.4, 0.5) is 0 Å². The normalized spacial score (nSPS) is 18.9. The van der Waals surface area contributed by atoms with Crippen molar-refractivity contribution in [1.29, 1.82) is 0 Å². The van der Waals surface area contributed by atoms with Crippen molar-refractivity contribution >= 4 is 0 Å². The third kappa shape index (κ3) is 2.30. The van der Waals surface area contributed by atoms with Crippen molar-refractivity contribution < 1.29 is 5.11 Å². The summed E-state index contributed by atoms with van der Waals surface area (Å²) < 4.78 is 0. The SMILES string of the molecule is OC(CNC1CCC1)c1cccnc1. The summed E-state index contributed by atoms with van der Waals surface area (Å²) in [6.07, 6.45) is 6.83. The van der Waals surface area contributed by atoms with Gasteiger partial charge in [-0.15, -0.1) is 0 Å². The Morgan fingerprint density at radius 3 is 3.00 bits per heavy atom. The molecule has 0 radical (unpaired) electrons. The van der Waals surface area contributed by atoms with Gasteiger partial charge in [-0.1, -0.05) is 12.5 Å². The lowest BCUT2D eigenvalue weighted by atomic mass is 9.93. The molecule has 14 heavy (non-hydrogen) atoms. The van der Waals surface area contributed by atoms with E-state index < -0.39 is 6.10 Å². The minimum absolute atomic E-state index is 0.427. The Bertz CT molecular complexity index is 272. The Hall–Kier alpha value is -0.930. The van der Waals surface area contributed by atoms with Crippen LogP contribution in [0.2, 0.25) is 0 Å². The van der Waals surface area contributed by atoms with E-state index in [4.69, 9.17) is 0 Å². The maximum Gasteiger partial charge on any atom is 0.0929 e. The van der Waals surface area contributed by atoms with E-state index in [9.17, 15) is 5.11 Å². The molecule has 2 rings (SSSR count). The topological polar surface area (TPSA) is 45.1 Å². The van der Waals surface area contributed by atoms with Crippen LogP contribution in [0.15, 0.2) is 24.5 Å². The molecule has 1 aromatic rings. The fourth-order valence-electron chi connectivity index (χ4n) is 1.58. The molecule has 0 spiro atoms. The molecule has 0 bridgehead atoms. The number of aliphatic hydroxyl groups is 1. The minimum atomic E-state index is -0.427. The lowest BCUT2D eigenvalue weighted by Crippen LogP contribution is -2.37. The second-order valence-electron chi connectivity index (χ2n) is 3.84. The third-order valence-electron chi connectivity index (χ3n) is 2.77. The molecule has 1 fully saturated rings. The molecule has 1 atom stereocenters. The molecule has 1 aliphatic carbocycles. The highest BCUT2D eigenvalue weighted by atomic mass is 16.3. The molecular weight excluding hydrogens is 176 g/mol. The second kappa shape index (κ2) is 4.53. The zero-order valence-electron chi connectivity index (χ0n) is 8.19. The Labute approximate surface area is 84.2 Å². The van der Waals surface area contributed by atoms with Crippen molar-refractivity contribution in [2.45, 2.75) is 31.4 Å². The summed E-state index contributed by atoms with van der Waals surface area (Å²) in [7, 11) is 0. The van der Waals surface area contributed by atoms with E-state index >= 15 is 0 Å². The number of nitrogens with one attached hydrogen (secondary N) is 1. The average Bonchev–Trinajstić information content (AvgIpc) is 2.16. The van der Waals surface area contributed by atoms with Crippen molar-refractivity contribution in [3.63, 3.8) is 0 Å². The molecule has 0 aliphatic heterocycles. The number of hydrogen-bond acceptors (Lipinski definition) is 3. The molecular formula is C11H16N2O. The van der Waals surface area contributed by atoms with Crippen LogP contribution in [-0.4, -0.2) is 22.7 Å². The van der Waals surface area contributed by atoms with Crippen LogP contribution in [-0.2, 0) is 0 Å². The summed E-state index contributed by atoms with van der Waals surface area (Å²) in [4.78, 5) is 3.98. The van der Waals surface area contributed by atoms with Gasteiger partial charge in [-0.2, -0.15) is 0 Å². The van der Waals surface area contributed by atoms with Gasteiger partial charge in [0.15, 0.2) is 0 Å². The van der Waals surface area contributed by atoms with Gasteiger partial charge < -0.3 is 10.4 Å². The maximum absolute atomic E-state index is 9.79. The largest absolute Gasteiger partial charge is 0.387 e. The van der Waals surface area contributed by atoms with Gasteiger partial charge in [0, 0.05) is 30.5 Å². The fourth-order valence-corrected chi connectivity index (χ4v) is 1.58. The minimum Gasteiger partial charge on any atom is -0.387 e. The molecule has 1 aromatic heterocycles. The van der Waals surface area contributed by atoms with Crippen molar-refractivity contribution in [1.82, 2.24) is 10.3 Å². The van der Waals surface area contributed by atoms with Crippen LogP contribution in [0.5, 0.6) is 0 Å². The molecule has 1 heterocycles. The van der Waals surface area contributed by atoms with Crippen molar-refractivity contribution in [3.05, 3.63) is 30.1 Å². The number of nitrogens with zero attached hydrogens (tertiary/aromatic N) is 1. The molecule has 2 N–H and O–H groups in total. The molecule has 1 unspecified atom stereocenters. The highest BCUT2D eigenvalue weighted by molar-refractivity contribution is 5.12. The number of rotatable bonds is 4. The monoisotopic (exact) mass is 192 g/mol. The zero-order valence-corrected chi connectivity index (χ0v) is 8.19. The fraction of sp³-hybridized carbons (Fsp3) is 0.545. The van der Waals surface area contributed by atoms with Gasteiger partial charge >= 0.3 is 0 Å².